The van der Waals surface area contributed by atoms with E-state index in [0.717, 1.165) is 43.7 Å². The van der Waals surface area contributed by atoms with Crippen molar-refractivity contribution in [2.24, 2.45) is 11.8 Å². The molecule has 2 aromatic carbocycles. The second-order valence-corrected chi connectivity index (χ2v) is 10.3. The number of halogens is 2. The van der Waals surface area contributed by atoms with Gasteiger partial charge in [0.2, 0.25) is 5.91 Å². The van der Waals surface area contributed by atoms with Crippen molar-refractivity contribution in [3.8, 4) is 0 Å². The molecule has 2 aromatic rings. The number of aliphatic hydroxyl groups is 1. The lowest BCUT2D eigenvalue weighted by Crippen LogP contribution is -2.49. The number of hydrogen-bond acceptors (Lipinski definition) is 4. The minimum absolute atomic E-state index is 0.0195. The van der Waals surface area contributed by atoms with E-state index in [2.05, 4.69) is 36.6 Å². The second-order valence-electron chi connectivity index (χ2n) is 10.3. The summed E-state index contributed by atoms with van der Waals surface area (Å²) in [4.78, 5) is 25.4. The molecule has 5 nitrogen and oxygen atoms in total. The lowest BCUT2D eigenvalue weighted by Gasteiger charge is -2.29. The fraction of sp³-hybridized carbons (Fsp3) is 0.533. The third-order valence-corrected chi connectivity index (χ3v) is 7.25. The summed E-state index contributed by atoms with van der Waals surface area (Å²) in [5, 5.41) is 17.1. The number of aliphatic hydroxyl groups excluding tert-OH is 1. The van der Waals surface area contributed by atoms with Gasteiger partial charge in [-0.1, -0.05) is 44.5 Å². The van der Waals surface area contributed by atoms with E-state index in [4.69, 9.17) is 0 Å². The zero-order chi connectivity index (χ0) is 26.8. The van der Waals surface area contributed by atoms with Crippen LogP contribution in [0.25, 0.3) is 0 Å². The van der Waals surface area contributed by atoms with Crippen molar-refractivity contribution in [1.82, 2.24) is 10.6 Å². The van der Waals surface area contributed by atoms with E-state index in [1.54, 1.807) is 0 Å². The minimum atomic E-state index is -0.980. The Hall–Kier alpha value is -2.64. The summed E-state index contributed by atoms with van der Waals surface area (Å²) in [6, 6.07) is 10.6. The summed E-state index contributed by atoms with van der Waals surface area (Å²) in [6.07, 6.45) is 4.13. The van der Waals surface area contributed by atoms with Crippen molar-refractivity contribution < 1.29 is 23.5 Å². The van der Waals surface area contributed by atoms with Crippen LogP contribution in [0.5, 0.6) is 0 Å². The van der Waals surface area contributed by atoms with Gasteiger partial charge >= 0.3 is 0 Å². The molecule has 2 unspecified atom stereocenters. The van der Waals surface area contributed by atoms with Crippen molar-refractivity contribution in [3.05, 3.63) is 70.8 Å². The number of rotatable bonds is 13. The molecule has 0 aliphatic heterocycles. The van der Waals surface area contributed by atoms with Crippen molar-refractivity contribution in [2.75, 3.05) is 6.54 Å². The quantitative estimate of drug-likeness (QED) is 0.356. The average molecular weight is 515 g/mol. The van der Waals surface area contributed by atoms with E-state index in [9.17, 15) is 23.5 Å². The zero-order valence-electron chi connectivity index (χ0n) is 21.9. The van der Waals surface area contributed by atoms with Crippen LogP contribution in [-0.4, -0.2) is 35.5 Å². The molecule has 3 N–H and O–H groups in total. The lowest BCUT2D eigenvalue weighted by atomic mass is 9.78. The smallest absolute Gasteiger partial charge is 0.220 e. The topological polar surface area (TPSA) is 78.4 Å². The molecule has 0 spiro atoms. The van der Waals surface area contributed by atoms with Crippen LogP contribution in [0.15, 0.2) is 42.5 Å². The number of ketones is 1. The Morgan fingerprint density at radius 3 is 2.46 bits per heavy atom. The number of amides is 1. The van der Waals surface area contributed by atoms with Crippen LogP contribution in [0.2, 0.25) is 0 Å². The molecule has 37 heavy (non-hydrogen) atoms. The highest BCUT2D eigenvalue weighted by molar-refractivity contribution is 5.83. The van der Waals surface area contributed by atoms with E-state index in [1.807, 2.05) is 12.1 Å². The molecule has 0 bridgehead atoms. The summed E-state index contributed by atoms with van der Waals surface area (Å²) in [6.45, 7) is 4.90. The van der Waals surface area contributed by atoms with E-state index in [1.165, 1.54) is 17.7 Å². The number of aryl methyl sites for hydroxylation is 1. The van der Waals surface area contributed by atoms with E-state index in [0.29, 0.717) is 18.5 Å². The highest BCUT2D eigenvalue weighted by Crippen LogP contribution is 2.30. The number of benzene rings is 2. The number of hydrogen-bond donors (Lipinski definition) is 3. The predicted octanol–water partition coefficient (Wildman–Crippen LogP) is 4.88. The number of carbonyl (C=O) groups excluding carboxylic acids is 2. The summed E-state index contributed by atoms with van der Waals surface area (Å²) in [7, 11) is 0. The van der Waals surface area contributed by atoms with Gasteiger partial charge in [-0.05, 0) is 66.8 Å². The summed E-state index contributed by atoms with van der Waals surface area (Å²) in [5.41, 5.74) is 2.66. The van der Waals surface area contributed by atoms with E-state index < -0.39 is 23.8 Å². The third-order valence-electron chi connectivity index (χ3n) is 7.25. The Kier molecular flexibility index (Phi) is 11.2. The Morgan fingerprint density at radius 2 is 1.78 bits per heavy atom. The van der Waals surface area contributed by atoms with Gasteiger partial charge in [0.05, 0.1) is 12.1 Å². The molecule has 1 aliphatic carbocycles. The first-order chi connectivity index (χ1) is 17.8. The maximum atomic E-state index is 13.8. The molecule has 202 valence electrons. The molecule has 1 amide bonds. The Morgan fingerprint density at radius 1 is 1.05 bits per heavy atom. The average Bonchev–Trinajstić information content (AvgIpc) is 2.85. The fourth-order valence-electron chi connectivity index (χ4n) is 5.24. The molecule has 0 radical (unpaired) electrons. The minimum Gasteiger partial charge on any atom is -0.390 e. The molecule has 0 aromatic heterocycles. The molecular formula is C30H40F2N2O3. The second kappa shape index (κ2) is 14.3. The fourth-order valence-corrected chi connectivity index (χ4v) is 5.24. The monoisotopic (exact) mass is 514 g/mol. The van der Waals surface area contributed by atoms with Crippen LogP contribution in [0.4, 0.5) is 8.78 Å². The standard InChI is InChI=1S/C30H40F2N2O3/c1-3-6-24-10-9-21(15-28(24)35)16-30(37)34-27(14-23-12-25(31)17-26(32)13-23)29(36)19-33-18-22-8-5-7-20(4-2)11-22/h5,7-8,11-13,17,21,24,27,29,33,36H,3-4,6,9-10,14-16,18-19H2,1-2H3,(H,34,37)/t21?,24?,27-,29-/m1/s1. The van der Waals surface area contributed by atoms with Crippen LogP contribution in [0.1, 0.15) is 69.1 Å². The Labute approximate surface area is 219 Å². The highest BCUT2D eigenvalue weighted by Gasteiger charge is 2.30. The Balaban J connectivity index is 1.61. The van der Waals surface area contributed by atoms with Crippen molar-refractivity contribution in [1.29, 1.82) is 0 Å². The number of nitrogens with one attached hydrogen (secondary N) is 2. The first-order valence-corrected chi connectivity index (χ1v) is 13.5. The normalized spacial score (nSPS) is 19.4. The maximum absolute atomic E-state index is 13.8. The van der Waals surface area contributed by atoms with Gasteiger partial charge in [-0.2, -0.15) is 0 Å². The Bertz CT molecular complexity index is 1020. The van der Waals surface area contributed by atoms with Crippen LogP contribution in [0, 0.1) is 23.5 Å². The lowest BCUT2D eigenvalue weighted by molar-refractivity contribution is -0.128. The van der Waals surface area contributed by atoms with Crippen LogP contribution in [0.3, 0.4) is 0 Å². The molecule has 4 atom stereocenters. The van der Waals surface area contributed by atoms with Gasteiger partial charge in [0, 0.05) is 37.9 Å². The van der Waals surface area contributed by atoms with Gasteiger partial charge in [-0.15, -0.1) is 0 Å². The molecule has 1 fully saturated rings. The van der Waals surface area contributed by atoms with Crippen molar-refractivity contribution >= 4 is 11.7 Å². The predicted molar refractivity (Wildman–Crippen MR) is 141 cm³/mol. The third kappa shape index (κ3) is 9.31. The summed E-state index contributed by atoms with van der Waals surface area (Å²) >= 11 is 0. The first kappa shape index (κ1) is 28.9. The molecule has 1 aliphatic rings. The van der Waals surface area contributed by atoms with E-state index in [-0.39, 0.29) is 42.9 Å². The maximum Gasteiger partial charge on any atom is 0.220 e. The first-order valence-electron chi connectivity index (χ1n) is 13.5. The molecule has 7 heteroatoms. The van der Waals surface area contributed by atoms with Crippen molar-refractivity contribution in [2.45, 2.75) is 83.9 Å². The van der Waals surface area contributed by atoms with Gasteiger partial charge in [0.25, 0.3) is 0 Å². The van der Waals surface area contributed by atoms with Gasteiger partial charge < -0.3 is 15.7 Å². The van der Waals surface area contributed by atoms with Crippen LogP contribution < -0.4 is 10.6 Å². The van der Waals surface area contributed by atoms with Gasteiger partial charge in [-0.25, -0.2) is 8.78 Å². The van der Waals surface area contributed by atoms with Gasteiger partial charge in [0.15, 0.2) is 0 Å². The summed E-state index contributed by atoms with van der Waals surface area (Å²) in [5.74, 6) is -1.35. The van der Waals surface area contributed by atoms with Crippen LogP contribution in [-0.2, 0) is 29.0 Å². The van der Waals surface area contributed by atoms with Crippen LogP contribution >= 0.6 is 0 Å². The largest absolute Gasteiger partial charge is 0.390 e. The molecular weight excluding hydrogens is 474 g/mol. The van der Waals surface area contributed by atoms with Gasteiger partial charge in [0.1, 0.15) is 17.4 Å². The van der Waals surface area contributed by atoms with Gasteiger partial charge in [-0.3, -0.25) is 9.59 Å². The zero-order valence-corrected chi connectivity index (χ0v) is 21.9. The number of Topliss-reactive ketones (excluding diaryl/α,β-unsaturated/α-hetero) is 1. The van der Waals surface area contributed by atoms with Crippen molar-refractivity contribution in [3.63, 3.8) is 0 Å². The molecule has 1 saturated carbocycles. The highest BCUT2D eigenvalue weighted by atomic mass is 19.1. The SMILES string of the molecule is CCCC1CCC(CC(=O)N[C@H](Cc2cc(F)cc(F)c2)[C@H](O)CNCc2cccc(CC)c2)CC1=O. The number of carbonyl (C=O) groups is 2. The van der Waals surface area contributed by atoms with E-state index >= 15 is 0 Å². The summed E-state index contributed by atoms with van der Waals surface area (Å²) < 4.78 is 27.6. The molecule has 3 rings (SSSR count). The molecule has 0 saturated heterocycles. The molecule has 0 heterocycles.